The fraction of sp³-hybridized carbons (Fsp3) is 0.643. The van der Waals surface area contributed by atoms with Crippen LogP contribution in [-0.4, -0.2) is 13.0 Å². The molecule has 0 fully saturated rings. The molecule has 0 saturated heterocycles. The molecule has 180 valence electrons. The summed E-state index contributed by atoms with van der Waals surface area (Å²) in [6.45, 7) is 4.46. The largest absolute Gasteiger partial charge is 0.294 e. The van der Waals surface area contributed by atoms with Crippen molar-refractivity contribution in [2.24, 2.45) is 0 Å². The molecule has 2 rings (SSSR count). The van der Waals surface area contributed by atoms with Gasteiger partial charge in [-0.1, -0.05) is 109 Å². The van der Waals surface area contributed by atoms with Gasteiger partial charge in [-0.05, 0) is 59.7 Å². The lowest BCUT2D eigenvalue weighted by Crippen LogP contribution is -2.04. The average molecular weight is 461 g/mol. The second-order valence-corrected chi connectivity index (χ2v) is 10.7. The molecule has 0 aliphatic rings. The van der Waals surface area contributed by atoms with E-state index in [-0.39, 0.29) is 4.90 Å². The van der Waals surface area contributed by atoms with Crippen LogP contribution in [0.25, 0.3) is 10.8 Å². The Balaban J connectivity index is 1.98. The number of hydrogen-bond acceptors (Lipinski definition) is 2. The molecule has 2 aromatic rings. The average Bonchev–Trinajstić information content (AvgIpc) is 2.76. The Hall–Kier alpha value is -1.39. The fourth-order valence-corrected chi connectivity index (χ4v) is 5.29. The van der Waals surface area contributed by atoms with E-state index in [1.807, 2.05) is 6.07 Å². The van der Waals surface area contributed by atoms with Crippen molar-refractivity contribution in [2.75, 3.05) is 0 Å². The van der Waals surface area contributed by atoms with Crippen molar-refractivity contribution in [2.45, 2.75) is 121 Å². The van der Waals surface area contributed by atoms with Gasteiger partial charge < -0.3 is 0 Å². The van der Waals surface area contributed by atoms with E-state index in [1.54, 1.807) is 6.07 Å². The van der Waals surface area contributed by atoms with Crippen LogP contribution in [-0.2, 0) is 23.0 Å². The van der Waals surface area contributed by atoms with Crippen LogP contribution in [0.15, 0.2) is 35.2 Å². The van der Waals surface area contributed by atoms with Crippen LogP contribution in [0.4, 0.5) is 0 Å². The van der Waals surface area contributed by atoms with Crippen LogP contribution >= 0.6 is 0 Å². The van der Waals surface area contributed by atoms with Gasteiger partial charge in [-0.25, -0.2) is 0 Å². The first-order chi connectivity index (χ1) is 15.5. The fourth-order valence-electron chi connectivity index (χ4n) is 4.52. The summed E-state index contributed by atoms with van der Waals surface area (Å²) in [6.07, 6.45) is 19.0. The Kier molecular flexibility index (Phi) is 12.3. The van der Waals surface area contributed by atoms with E-state index in [4.69, 9.17) is 0 Å². The standard InChI is InChI=1S/C28H44O3S/c1-3-5-7-9-11-13-15-17-24-19-20-25-22-26(18-16-14-12-10-8-6-4-2)28(32(29,30)31)23-27(25)21-24/h19-23H,3-18H2,1-2H3,(H,29,30,31). The third kappa shape index (κ3) is 9.62. The van der Waals surface area contributed by atoms with E-state index in [1.165, 1.54) is 82.6 Å². The number of unbranched alkanes of at least 4 members (excludes halogenated alkanes) is 12. The van der Waals surface area contributed by atoms with Crippen molar-refractivity contribution in [3.05, 3.63) is 41.5 Å². The zero-order valence-corrected chi connectivity index (χ0v) is 21.2. The Morgan fingerprint density at radius 2 is 1.16 bits per heavy atom. The van der Waals surface area contributed by atoms with Gasteiger partial charge in [0.25, 0.3) is 10.1 Å². The van der Waals surface area contributed by atoms with Crippen LogP contribution in [0.1, 0.15) is 115 Å². The monoisotopic (exact) mass is 460 g/mol. The summed E-state index contributed by atoms with van der Waals surface area (Å²) in [5.41, 5.74) is 1.99. The summed E-state index contributed by atoms with van der Waals surface area (Å²) < 4.78 is 34.0. The zero-order chi connectivity index (χ0) is 23.2. The summed E-state index contributed by atoms with van der Waals surface area (Å²) in [6, 6.07) is 10.0. The van der Waals surface area contributed by atoms with Crippen LogP contribution in [0.3, 0.4) is 0 Å². The molecule has 4 heteroatoms. The van der Waals surface area contributed by atoms with Crippen molar-refractivity contribution in [1.29, 1.82) is 0 Å². The van der Waals surface area contributed by atoms with Crippen molar-refractivity contribution < 1.29 is 13.0 Å². The molecule has 0 heterocycles. The van der Waals surface area contributed by atoms with Gasteiger partial charge >= 0.3 is 0 Å². The second kappa shape index (κ2) is 14.7. The lowest BCUT2D eigenvalue weighted by Gasteiger charge is -2.11. The smallest absolute Gasteiger partial charge is 0.282 e. The Bertz CT molecular complexity index is 902. The van der Waals surface area contributed by atoms with Crippen molar-refractivity contribution in [1.82, 2.24) is 0 Å². The first-order valence-electron chi connectivity index (χ1n) is 13.0. The highest BCUT2D eigenvalue weighted by Crippen LogP contribution is 2.27. The quantitative estimate of drug-likeness (QED) is 0.190. The van der Waals surface area contributed by atoms with Gasteiger partial charge in [0.15, 0.2) is 0 Å². The van der Waals surface area contributed by atoms with Crippen molar-refractivity contribution in [3.63, 3.8) is 0 Å². The first-order valence-corrected chi connectivity index (χ1v) is 14.4. The molecule has 0 spiro atoms. The molecule has 0 radical (unpaired) electrons. The Morgan fingerprint density at radius 1 is 0.625 bits per heavy atom. The molecular weight excluding hydrogens is 416 g/mol. The zero-order valence-electron chi connectivity index (χ0n) is 20.4. The molecule has 0 bridgehead atoms. The van der Waals surface area contributed by atoms with Crippen LogP contribution < -0.4 is 0 Å². The molecule has 0 amide bonds. The molecule has 1 N–H and O–H groups in total. The Labute approximate surface area is 196 Å². The summed E-state index contributed by atoms with van der Waals surface area (Å²) in [4.78, 5) is 0.0871. The predicted molar refractivity (Wildman–Crippen MR) is 137 cm³/mol. The number of aryl methyl sites for hydroxylation is 2. The van der Waals surface area contributed by atoms with E-state index in [9.17, 15) is 13.0 Å². The van der Waals surface area contributed by atoms with Gasteiger partial charge in [0.2, 0.25) is 0 Å². The molecule has 32 heavy (non-hydrogen) atoms. The topological polar surface area (TPSA) is 54.4 Å². The minimum absolute atomic E-state index is 0.0871. The van der Waals surface area contributed by atoms with Gasteiger partial charge in [0.05, 0.1) is 4.90 Å². The lowest BCUT2D eigenvalue weighted by molar-refractivity contribution is 0.481. The predicted octanol–water partition coefficient (Wildman–Crippen LogP) is 8.67. The van der Waals surface area contributed by atoms with Gasteiger partial charge in [-0.3, -0.25) is 4.55 Å². The summed E-state index contributed by atoms with van der Waals surface area (Å²) in [7, 11) is -4.22. The highest BCUT2D eigenvalue weighted by molar-refractivity contribution is 7.85. The Morgan fingerprint density at radius 3 is 1.72 bits per heavy atom. The maximum absolute atomic E-state index is 12.1. The number of rotatable bonds is 17. The number of benzene rings is 2. The third-order valence-electron chi connectivity index (χ3n) is 6.48. The van der Waals surface area contributed by atoms with Crippen LogP contribution in [0.2, 0.25) is 0 Å². The van der Waals surface area contributed by atoms with E-state index >= 15 is 0 Å². The summed E-state index contributed by atoms with van der Waals surface area (Å²) in [5, 5.41) is 1.96. The molecule has 0 atom stereocenters. The third-order valence-corrected chi connectivity index (χ3v) is 7.42. The second-order valence-electron chi connectivity index (χ2n) is 9.36. The number of fused-ring (bicyclic) bond motifs is 1. The summed E-state index contributed by atoms with van der Waals surface area (Å²) >= 11 is 0. The molecule has 0 unspecified atom stereocenters. The van der Waals surface area contributed by atoms with E-state index in [2.05, 4.69) is 32.0 Å². The normalized spacial score (nSPS) is 12.0. The highest BCUT2D eigenvalue weighted by Gasteiger charge is 2.16. The van der Waals surface area contributed by atoms with Crippen molar-refractivity contribution >= 4 is 20.9 Å². The van der Waals surface area contributed by atoms with Crippen molar-refractivity contribution in [3.8, 4) is 0 Å². The van der Waals surface area contributed by atoms with Crippen LogP contribution in [0, 0.1) is 0 Å². The van der Waals surface area contributed by atoms with Gasteiger partial charge in [-0.15, -0.1) is 0 Å². The summed E-state index contributed by atoms with van der Waals surface area (Å²) in [5.74, 6) is 0. The maximum Gasteiger partial charge on any atom is 0.294 e. The van der Waals surface area contributed by atoms with Gasteiger partial charge in [0.1, 0.15) is 0 Å². The molecule has 3 nitrogen and oxygen atoms in total. The van der Waals surface area contributed by atoms with E-state index in [0.717, 1.165) is 35.6 Å². The SMILES string of the molecule is CCCCCCCCCc1ccc2cc(CCCCCCCCC)c(S(=O)(=O)O)cc2c1. The van der Waals surface area contributed by atoms with Gasteiger partial charge in [-0.2, -0.15) is 8.42 Å². The molecule has 0 aliphatic heterocycles. The minimum Gasteiger partial charge on any atom is -0.282 e. The van der Waals surface area contributed by atoms with E-state index in [0.29, 0.717) is 6.42 Å². The van der Waals surface area contributed by atoms with E-state index < -0.39 is 10.1 Å². The first kappa shape index (κ1) is 26.9. The lowest BCUT2D eigenvalue weighted by atomic mass is 9.98. The minimum atomic E-state index is -4.22. The molecule has 0 aliphatic carbocycles. The molecule has 2 aromatic carbocycles. The molecular formula is C28H44O3S. The molecule has 0 aromatic heterocycles. The maximum atomic E-state index is 12.1. The number of hydrogen-bond donors (Lipinski definition) is 1. The van der Waals surface area contributed by atoms with Gasteiger partial charge in [0, 0.05) is 0 Å². The van der Waals surface area contributed by atoms with Crippen LogP contribution in [0.5, 0.6) is 0 Å². The highest BCUT2D eigenvalue weighted by atomic mass is 32.2. The molecule has 0 saturated carbocycles.